The summed E-state index contributed by atoms with van der Waals surface area (Å²) >= 11 is 0. The molecule has 2 atom stereocenters. The Hall–Kier alpha value is -1.98. The minimum atomic E-state index is -0.801. The molecule has 96 valence electrons. The molecule has 6 heteroatoms. The van der Waals surface area contributed by atoms with Gasteiger partial charge in [0, 0.05) is 38.0 Å². The van der Waals surface area contributed by atoms with Gasteiger partial charge < -0.3 is 20.6 Å². The van der Waals surface area contributed by atoms with Gasteiger partial charge in [0.1, 0.15) is 5.82 Å². The summed E-state index contributed by atoms with van der Waals surface area (Å²) in [6.45, 7) is 3.11. The van der Waals surface area contributed by atoms with Crippen LogP contribution in [0.25, 0.3) is 0 Å². The van der Waals surface area contributed by atoms with Crippen LogP contribution in [0, 0.1) is 11.8 Å². The number of aromatic nitrogens is 1. The van der Waals surface area contributed by atoms with Crippen LogP contribution in [-0.2, 0) is 0 Å². The molecular formula is C12H16N4O2. The van der Waals surface area contributed by atoms with Crippen LogP contribution >= 0.6 is 0 Å². The topological polar surface area (TPSA) is 82.7 Å². The van der Waals surface area contributed by atoms with Crippen LogP contribution in [0.3, 0.4) is 0 Å². The van der Waals surface area contributed by atoms with Crippen molar-refractivity contribution in [3.63, 3.8) is 0 Å². The molecule has 2 aliphatic heterocycles. The number of carbonyl (C=O) groups is 1. The Bertz CT molecular complexity index is 448. The molecule has 0 aliphatic carbocycles. The zero-order valence-electron chi connectivity index (χ0n) is 9.99. The van der Waals surface area contributed by atoms with Crippen LogP contribution in [0.1, 0.15) is 0 Å². The summed E-state index contributed by atoms with van der Waals surface area (Å²) < 4.78 is 0. The Kier molecular flexibility index (Phi) is 2.50. The van der Waals surface area contributed by atoms with Crippen molar-refractivity contribution in [3.8, 4) is 0 Å². The number of pyridine rings is 1. The molecule has 1 amide bonds. The second-order valence-corrected chi connectivity index (χ2v) is 5.05. The fourth-order valence-electron chi connectivity index (χ4n) is 2.94. The van der Waals surface area contributed by atoms with Gasteiger partial charge in [0.15, 0.2) is 0 Å². The molecule has 2 saturated heterocycles. The number of carboxylic acid groups (broad SMARTS) is 1. The number of nitrogens with zero attached hydrogens (tertiary/aromatic N) is 3. The minimum absolute atomic E-state index is 0.443. The van der Waals surface area contributed by atoms with Gasteiger partial charge >= 0.3 is 6.09 Å². The Morgan fingerprint density at radius 1 is 1.28 bits per heavy atom. The van der Waals surface area contributed by atoms with Crippen molar-refractivity contribution in [2.75, 3.05) is 36.8 Å². The van der Waals surface area contributed by atoms with E-state index in [2.05, 4.69) is 9.88 Å². The predicted molar refractivity (Wildman–Crippen MR) is 67.4 cm³/mol. The van der Waals surface area contributed by atoms with Gasteiger partial charge in [-0.15, -0.1) is 0 Å². The van der Waals surface area contributed by atoms with Gasteiger partial charge in [-0.25, -0.2) is 9.78 Å². The second-order valence-electron chi connectivity index (χ2n) is 5.05. The largest absolute Gasteiger partial charge is 0.465 e. The van der Waals surface area contributed by atoms with Gasteiger partial charge in [-0.05, 0) is 12.1 Å². The third kappa shape index (κ3) is 1.83. The molecule has 0 spiro atoms. The molecule has 6 nitrogen and oxygen atoms in total. The first-order valence-corrected chi connectivity index (χ1v) is 6.08. The number of likely N-dealkylation sites (tertiary alicyclic amines) is 1. The summed E-state index contributed by atoms with van der Waals surface area (Å²) in [5, 5.41) is 8.97. The second kappa shape index (κ2) is 4.04. The zero-order chi connectivity index (χ0) is 12.7. The molecule has 3 heterocycles. The van der Waals surface area contributed by atoms with E-state index in [0.717, 1.165) is 18.8 Å². The third-order valence-electron chi connectivity index (χ3n) is 3.89. The Morgan fingerprint density at radius 3 is 2.44 bits per heavy atom. The molecule has 3 rings (SSSR count). The van der Waals surface area contributed by atoms with Gasteiger partial charge in [0.25, 0.3) is 0 Å². The number of amides is 1. The van der Waals surface area contributed by atoms with Crippen molar-refractivity contribution in [3.05, 3.63) is 18.3 Å². The van der Waals surface area contributed by atoms with Crippen molar-refractivity contribution >= 4 is 17.6 Å². The maximum atomic E-state index is 10.9. The molecule has 18 heavy (non-hydrogen) atoms. The number of hydrogen-bond donors (Lipinski definition) is 2. The molecule has 0 aromatic carbocycles. The lowest BCUT2D eigenvalue weighted by Gasteiger charge is -2.21. The molecule has 1 aromatic heterocycles. The Morgan fingerprint density at radius 2 is 1.94 bits per heavy atom. The number of nitrogens with two attached hydrogens (primary N) is 1. The van der Waals surface area contributed by atoms with E-state index >= 15 is 0 Å². The van der Waals surface area contributed by atoms with Crippen LogP contribution in [0.15, 0.2) is 18.3 Å². The molecule has 2 fully saturated rings. The number of hydrogen-bond acceptors (Lipinski definition) is 4. The lowest BCUT2D eigenvalue weighted by molar-refractivity contribution is 0.153. The van der Waals surface area contributed by atoms with E-state index < -0.39 is 6.09 Å². The van der Waals surface area contributed by atoms with Crippen LogP contribution < -0.4 is 10.6 Å². The Balaban J connectivity index is 1.68. The van der Waals surface area contributed by atoms with E-state index in [-0.39, 0.29) is 0 Å². The van der Waals surface area contributed by atoms with Crippen LogP contribution in [0.4, 0.5) is 16.3 Å². The van der Waals surface area contributed by atoms with Crippen molar-refractivity contribution in [2.24, 2.45) is 11.8 Å². The molecule has 0 radical (unpaired) electrons. The molecular weight excluding hydrogens is 232 g/mol. The van der Waals surface area contributed by atoms with Gasteiger partial charge in [-0.3, -0.25) is 0 Å². The number of rotatable bonds is 1. The molecule has 0 saturated carbocycles. The number of fused-ring (bicyclic) bond motifs is 1. The summed E-state index contributed by atoms with van der Waals surface area (Å²) in [6.07, 6.45) is 0.982. The van der Waals surface area contributed by atoms with Crippen molar-refractivity contribution in [1.29, 1.82) is 0 Å². The highest BCUT2D eigenvalue weighted by atomic mass is 16.4. The molecule has 0 bridgehead atoms. The predicted octanol–water partition coefficient (Wildman–Crippen LogP) is 0.710. The number of anilines is 2. The number of nitrogen functional groups attached to an aromatic ring is 1. The summed E-state index contributed by atoms with van der Waals surface area (Å²) in [4.78, 5) is 18.8. The average molecular weight is 248 g/mol. The quantitative estimate of drug-likeness (QED) is 0.764. The molecule has 2 unspecified atom stereocenters. The standard InChI is InChI=1S/C12H16N4O2/c13-11-2-1-10(3-14-11)15-4-8-6-16(12(17)18)7-9(8)5-15/h1-3,8-9H,4-7H2,(H2,13,14)(H,17,18). The fraction of sp³-hybridized carbons (Fsp3) is 0.500. The van der Waals surface area contributed by atoms with E-state index in [0.29, 0.717) is 30.7 Å². The first kappa shape index (κ1) is 11.1. The highest BCUT2D eigenvalue weighted by molar-refractivity contribution is 5.65. The average Bonchev–Trinajstić information content (AvgIpc) is 2.87. The molecule has 3 N–H and O–H groups in total. The van der Waals surface area contributed by atoms with E-state index in [4.69, 9.17) is 10.8 Å². The zero-order valence-corrected chi connectivity index (χ0v) is 9.99. The van der Waals surface area contributed by atoms with Gasteiger partial charge in [-0.1, -0.05) is 0 Å². The summed E-state index contributed by atoms with van der Waals surface area (Å²) in [5.74, 6) is 1.41. The van der Waals surface area contributed by atoms with E-state index in [1.54, 1.807) is 12.3 Å². The lowest BCUT2D eigenvalue weighted by Crippen LogP contribution is -2.32. The van der Waals surface area contributed by atoms with Crippen molar-refractivity contribution < 1.29 is 9.90 Å². The first-order valence-electron chi connectivity index (χ1n) is 6.08. The van der Waals surface area contributed by atoms with E-state index in [1.165, 1.54) is 4.90 Å². The highest BCUT2D eigenvalue weighted by Gasteiger charge is 2.41. The monoisotopic (exact) mass is 248 g/mol. The third-order valence-corrected chi connectivity index (χ3v) is 3.89. The van der Waals surface area contributed by atoms with E-state index in [9.17, 15) is 4.79 Å². The molecule has 2 aliphatic rings. The van der Waals surface area contributed by atoms with Gasteiger partial charge in [0.05, 0.1) is 11.9 Å². The van der Waals surface area contributed by atoms with E-state index in [1.807, 2.05) is 6.07 Å². The highest BCUT2D eigenvalue weighted by Crippen LogP contribution is 2.33. The van der Waals surface area contributed by atoms with Crippen molar-refractivity contribution in [2.45, 2.75) is 0 Å². The summed E-state index contributed by atoms with van der Waals surface area (Å²) in [5.41, 5.74) is 6.64. The van der Waals surface area contributed by atoms with Crippen LogP contribution in [-0.4, -0.2) is 47.3 Å². The van der Waals surface area contributed by atoms with Crippen LogP contribution in [0.5, 0.6) is 0 Å². The fourth-order valence-corrected chi connectivity index (χ4v) is 2.94. The molecule has 1 aromatic rings. The van der Waals surface area contributed by atoms with Crippen molar-refractivity contribution in [1.82, 2.24) is 9.88 Å². The first-order chi connectivity index (χ1) is 8.63. The van der Waals surface area contributed by atoms with Crippen LogP contribution in [0.2, 0.25) is 0 Å². The summed E-state index contributed by atoms with van der Waals surface area (Å²) in [6, 6.07) is 3.77. The summed E-state index contributed by atoms with van der Waals surface area (Å²) in [7, 11) is 0. The van der Waals surface area contributed by atoms with Gasteiger partial charge in [0.2, 0.25) is 0 Å². The van der Waals surface area contributed by atoms with Gasteiger partial charge in [-0.2, -0.15) is 0 Å². The minimum Gasteiger partial charge on any atom is -0.465 e. The maximum Gasteiger partial charge on any atom is 0.407 e. The SMILES string of the molecule is Nc1ccc(N2CC3CN(C(=O)O)CC3C2)cn1. The normalized spacial score (nSPS) is 26.4. The maximum absolute atomic E-state index is 10.9. The Labute approximate surface area is 105 Å². The smallest absolute Gasteiger partial charge is 0.407 e. The lowest BCUT2D eigenvalue weighted by atomic mass is 10.0.